The summed E-state index contributed by atoms with van der Waals surface area (Å²) in [6, 6.07) is 5.46. The van der Waals surface area contributed by atoms with Crippen molar-refractivity contribution in [3.63, 3.8) is 0 Å². The minimum Gasteiger partial charge on any atom is -0.493 e. The standard InChI is InChI=1S/C19H27NO5/c1-22-17-5-3-4-14(18(17)23-2)19(21)20-16-8-11-25-12-15(16)13-6-9-24-10-7-13/h3-5,13,15-16H,6-12H2,1-2H3,(H,20,21)/t15-,16-/m0/s1. The van der Waals surface area contributed by atoms with Gasteiger partial charge < -0.3 is 24.3 Å². The molecular weight excluding hydrogens is 322 g/mol. The lowest BCUT2D eigenvalue weighted by Crippen LogP contribution is -2.49. The first-order valence-corrected chi connectivity index (χ1v) is 8.92. The Kier molecular flexibility index (Phi) is 6.15. The lowest BCUT2D eigenvalue weighted by atomic mass is 9.79. The molecule has 0 aliphatic carbocycles. The second-order valence-electron chi connectivity index (χ2n) is 6.60. The molecule has 2 fully saturated rings. The fraction of sp³-hybridized carbons (Fsp3) is 0.632. The second kappa shape index (κ2) is 8.54. The average molecular weight is 349 g/mol. The van der Waals surface area contributed by atoms with Crippen LogP contribution in [0, 0.1) is 11.8 Å². The molecule has 0 aromatic heterocycles. The number of ether oxygens (including phenoxy) is 4. The van der Waals surface area contributed by atoms with Gasteiger partial charge in [-0.05, 0) is 37.3 Å². The van der Waals surface area contributed by atoms with Gasteiger partial charge in [0.05, 0.1) is 26.4 Å². The van der Waals surface area contributed by atoms with E-state index in [1.54, 1.807) is 32.4 Å². The monoisotopic (exact) mass is 349 g/mol. The lowest BCUT2D eigenvalue weighted by molar-refractivity contribution is -0.0259. The summed E-state index contributed by atoms with van der Waals surface area (Å²) >= 11 is 0. The first-order valence-electron chi connectivity index (χ1n) is 8.92. The summed E-state index contributed by atoms with van der Waals surface area (Å²) in [7, 11) is 3.12. The fourth-order valence-electron chi connectivity index (χ4n) is 3.86. The van der Waals surface area contributed by atoms with Gasteiger partial charge in [-0.25, -0.2) is 0 Å². The molecule has 1 aromatic rings. The summed E-state index contributed by atoms with van der Waals surface area (Å²) in [5.41, 5.74) is 0.499. The van der Waals surface area contributed by atoms with Gasteiger partial charge in [0.25, 0.3) is 5.91 Å². The molecule has 0 radical (unpaired) electrons. The van der Waals surface area contributed by atoms with Gasteiger partial charge in [-0.1, -0.05) is 6.07 Å². The molecule has 138 valence electrons. The van der Waals surface area contributed by atoms with Gasteiger partial charge in [0.2, 0.25) is 0 Å². The number of hydrogen-bond acceptors (Lipinski definition) is 5. The quantitative estimate of drug-likeness (QED) is 0.883. The Morgan fingerprint density at radius 3 is 2.56 bits per heavy atom. The first-order chi connectivity index (χ1) is 12.2. The predicted molar refractivity (Wildman–Crippen MR) is 93.3 cm³/mol. The molecule has 6 heteroatoms. The van der Waals surface area contributed by atoms with Crippen LogP contribution in [0.25, 0.3) is 0 Å². The van der Waals surface area contributed by atoms with Crippen molar-refractivity contribution in [3.05, 3.63) is 23.8 Å². The van der Waals surface area contributed by atoms with Gasteiger partial charge in [0.1, 0.15) is 0 Å². The summed E-state index contributed by atoms with van der Waals surface area (Å²) < 4.78 is 21.9. The summed E-state index contributed by atoms with van der Waals surface area (Å²) in [5.74, 6) is 1.77. The zero-order valence-corrected chi connectivity index (χ0v) is 15.0. The first kappa shape index (κ1) is 18.0. The zero-order chi connectivity index (χ0) is 17.6. The number of benzene rings is 1. The van der Waals surface area contributed by atoms with E-state index >= 15 is 0 Å². The van der Waals surface area contributed by atoms with Crippen LogP contribution in [0.15, 0.2) is 18.2 Å². The highest BCUT2D eigenvalue weighted by Crippen LogP contribution is 2.33. The van der Waals surface area contributed by atoms with E-state index in [-0.39, 0.29) is 11.9 Å². The lowest BCUT2D eigenvalue weighted by Gasteiger charge is -2.39. The highest BCUT2D eigenvalue weighted by molar-refractivity contribution is 5.98. The van der Waals surface area contributed by atoms with Crippen molar-refractivity contribution in [1.82, 2.24) is 5.32 Å². The predicted octanol–water partition coefficient (Wildman–Crippen LogP) is 2.27. The van der Waals surface area contributed by atoms with Crippen LogP contribution in [0.1, 0.15) is 29.6 Å². The molecule has 2 aliphatic rings. The number of carbonyl (C=O) groups excluding carboxylic acids is 1. The molecule has 2 atom stereocenters. The minimum atomic E-state index is -0.125. The van der Waals surface area contributed by atoms with Crippen molar-refractivity contribution >= 4 is 5.91 Å². The number of amides is 1. The SMILES string of the molecule is COc1cccc(C(=O)N[C@H]2CCOC[C@H]2C2CCOCC2)c1OC. The molecule has 1 aromatic carbocycles. The maximum atomic E-state index is 12.9. The molecule has 1 N–H and O–H groups in total. The third-order valence-corrected chi connectivity index (χ3v) is 5.24. The molecule has 0 bridgehead atoms. The molecule has 0 spiro atoms. The summed E-state index contributed by atoms with van der Waals surface area (Å²) in [5, 5.41) is 3.21. The number of methoxy groups -OCH3 is 2. The van der Waals surface area contributed by atoms with E-state index in [4.69, 9.17) is 18.9 Å². The van der Waals surface area contributed by atoms with Crippen molar-refractivity contribution in [1.29, 1.82) is 0 Å². The molecule has 2 heterocycles. The molecule has 0 unspecified atom stereocenters. The van der Waals surface area contributed by atoms with Crippen LogP contribution in [0.3, 0.4) is 0 Å². The van der Waals surface area contributed by atoms with E-state index in [9.17, 15) is 4.79 Å². The van der Waals surface area contributed by atoms with Crippen molar-refractivity contribution in [2.75, 3.05) is 40.6 Å². The molecule has 2 aliphatic heterocycles. The maximum Gasteiger partial charge on any atom is 0.255 e. The third kappa shape index (κ3) is 4.07. The number of nitrogens with one attached hydrogen (secondary N) is 1. The summed E-state index contributed by atoms with van der Waals surface area (Å²) in [4.78, 5) is 12.9. The second-order valence-corrected chi connectivity index (χ2v) is 6.60. The highest BCUT2D eigenvalue weighted by Gasteiger charge is 2.35. The zero-order valence-electron chi connectivity index (χ0n) is 15.0. The molecule has 6 nitrogen and oxygen atoms in total. The van der Waals surface area contributed by atoms with Crippen molar-refractivity contribution < 1.29 is 23.7 Å². The molecular formula is C19H27NO5. The van der Waals surface area contributed by atoms with Crippen LogP contribution in [0.5, 0.6) is 11.5 Å². The van der Waals surface area contributed by atoms with Gasteiger partial charge in [-0.3, -0.25) is 4.79 Å². The Bertz CT molecular complexity index is 585. The van der Waals surface area contributed by atoms with Crippen molar-refractivity contribution in [3.8, 4) is 11.5 Å². The van der Waals surface area contributed by atoms with Crippen LogP contribution >= 0.6 is 0 Å². The summed E-state index contributed by atoms with van der Waals surface area (Å²) in [6.45, 7) is 2.97. The molecule has 0 saturated carbocycles. The Morgan fingerprint density at radius 1 is 1.08 bits per heavy atom. The van der Waals surface area contributed by atoms with Crippen LogP contribution in [0.4, 0.5) is 0 Å². The normalized spacial score (nSPS) is 24.6. The van der Waals surface area contributed by atoms with E-state index in [0.29, 0.717) is 42.1 Å². The molecule has 25 heavy (non-hydrogen) atoms. The maximum absolute atomic E-state index is 12.9. The van der Waals surface area contributed by atoms with Crippen molar-refractivity contribution in [2.24, 2.45) is 11.8 Å². The van der Waals surface area contributed by atoms with Gasteiger partial charge in [0, 0.05) is 31.8 Å². The third-order valence-electron chi connectivity index (χ3n) is 5.24. The minimum absolute atomic E-state index is 0.111. The van der Waals surface area contributed by atoms with Crippen molar-refractivity contribution in [2.45, 2.75) is 25.3 Å². The topological polar surface area (TPSA) is 66.0 Å². The number of rotatable bonds is 5. The van der Waals surface area contributed by atoms with Gasteiger partial charge in [-0.15, -0.1) is 0 Å². The van der Waals surface area contributed by atoms with E-state index in [1.165, 1.54) is 0 Å². The number of hydrogen-bond donors (Lipinski definition) is 1. The summed E-state index contributed by atoms with van der Waals surface area (Å²) in [6.07, 6.45) is 2.89. The van der Waals surface area contributed by atoms with Crippen LogP contribution in [-0.2, 0) is 9.47 Å². The van der Waals surface area contributed by atoms with E-state index < -0.39 is 0 Å². The van der Waals surface area contributed by atoms with E-state index in [0.717, 1.165) is 32.5 Å². The van der Waals surface area contributed by atoms with Gasteiger partial charge >= 0.3 is 0 Å². The Morgan fingerprint density at radius 2 is 1.84 bits per heavy atom. The largest absolute Gasteiger partial charge is 0.493 e. The van der Waals surface area contributed by atoms with E-state index in [2.05, 4.69) is 5.32 Å². The van der Waals surface area contributed by atoms with E-state index in [1.807, 2.05) is 0 Å². The number of carbonyl (C=O) groups is 1. The number of para-hydroxylation sites is 1. The molecule has 2 saturated heterocycles. The highest BCUT2D eigenvalue weighted by atomic mass is 16.5. The Balaban J connectivity index is 1.74. The Labute approximate surface area is 148 Å². The fourth-order valence-corrected chi connectivity index (χ4v) is 3.86. The average Bonchev–Trinajstić information content (AvgIpc) is 2.68. The van der Waals surface area contributed by atoms with Crippen LogP contribution in [0.2, 0.25) is 0 Å². The molecule has 1 amide bonds. The molecule has 3 rings (SSSR count). The van der Waals surface area contributed by atoms with Gasteiger partial charge in [-0.2, -0.15) is 0 Å². The van der Waals surface area contributed by atoms with Gasteiger partial charge in [0.15, 0.2) is 11.5 Å². The van der Waals surface area contributed by atoms with Crippen LogP contribution < -0.4 is 14.8 Å². The Hall–Kier alpha value is -1.79. The van der Waals surface area contributed by atoms with Crippen LogP contribution in [-0.4, -0.2) is 52.6 Å². The smallest absolute Gasteiger partial charge is 0.255 e.